The SMILES string of the molecule is CCCCCOc1ccc(/C=N\S(=O)(=O)c2ccccc2)cc1OCC. The van der Waals surface area contributed by atoms with E-state index < -0.39 is 10.0 Å². The van der Waals surface area contributed by atoms with Crippen molar-refractivity contribution in [1.82, 2.24) is 0 Å². The summed E-state index contributed by atoms with van der Waals surface area (Å²) in [6, 6.07) is 13.4. The second-order valence-electron chi connectivity index (χ2n) is 5.72. The summed E-state index contributed by atoms with van der Waals surface area (Å²) in [6.45, 7) is 5.16. The topological polar surface area (TPSA) is 65.0 Å². The third-order valence-corrected chi connectivity index (χ3v) is 4.91. The van der Waals surface area contributed by atoms with E-state index in [9.17, 15) is 8.42 Å². The molecule has 0 aliphatic heterocycles. The first kappa shape index (κ1) is 20.0. The van der Waals surface area contributed by atoms with Gasteiger partial charge in [-0.3, -0.25) is 0 Å². The molecule has 0 N–H and O–H groups in total. The average molecular weight is 375 g/mol. The largest absolute Gasteiger partial charge is 0.490 e. The average Bonchev–Trinajstić information content (AvgIpc) is 2.66. The number of sulfonamides is 1. The van der Waals surface area contributed by atoms with Gasteiger partial charge in [0, 0.05) is 6.21 Å². The molecule has 0 aliphatic rings. The van der Waals surface area contributed by atoms with Crippen molar-refractivity contribution in [2.75, 3.05) is 13.2 Å². The molecule has 0 spiro atoms. The summed E-state index contributed by atoms with van der Waals surface area (Å²) in [5.41, 5.74) is 0.633. The van der Waals surface area contributed by atoms with Gasteiger partial charge in [0.05, 0.1) is 18.1 Å². The van der Waals surface area contributed by atoms with Crippen LogP contribution in [0.15, 0.2) is 57.8 Å². The van der Waals surface area contributed by atoms with E-state index >= 15 is 0 Å². The van der Waals surface area contributed by atoms with E-state index in [-0.39, 0.29) is 4.90 Å². The maximum Gasteiger partial charge on any atom is 0.282 e. The van der Waals surface area contributed by atoms with E-state index in [4.69, 9.17) is 9.47 Å². The molecule has 140 valence electrons. The van der Waals surface area contributed by atoms with Crippen LogP contribution in [0, 0.1) is 0 Å². The van der Waals surface area contributed by atoms with Crippen molar-refractivity contribution in [3.8, 4) is 11.5 Å². The van der Waals surface area contributed by atoms with Gasteiger partial charge in [-0.05, 0) is 49.2 Å². The van der Waals surface area contributed by atoms with Crippen molar-refractivity contribution in [2.24, 2.45) is 4.40 Å². The van der Waals surface area contributed by atoms with Crippen molar-refractivity contribution in [3.05, 3.63) is 54.1 Å². The normalized spacial score (nSPS) is 11.6. The fraction of sp³-hybridized carbons (Fsp3) is 0.350. The van der Waals surface area contributed by atoms with Crippen LogP contribution in [0.3, 0.4) is 0 Å². The van der Waals surface area contributed by atoms with E-state index in [0.717, 1.165) is 19.3 Å². The molecule has 0 saturated carbocycles. The first-order valence-corrected chi connectivity index (χ1v) is 10.3. The molecule has 2 aromatic carbocycles. The van der Waals surface area contributed by atoms with Crippen LogP contribution >= 0.6 is 0 Å². The van der Waals surface area contributed by atoms with Crippen molar-refractivity contribution < 1.29 is 17.9 Å². The predicted molar refractivity (Wildman–Crippen MR) is 104 cm³/mol. The summed E-state index contributed by atoms with van der Waals surface area (Å²) in [4.78, 5) is 0.164. The highest BCUT2D eigenvalue weighted by atomic mass is 32.2. The number of nitrogens with zero attached hydrogens (tertiary/aromatic N) is 1. The van der Waals surface area contributed by atoms with Crippen LogP contribution in [-0.4, -0.2) is 27.8 Å². The molecule has 26 heavy (non-hydrogen) atoms. The van der Waals surface area contributed by atoms with Gasteiger partial charge >= 0.3 is 0 Å². The van der Waals surface area contributed by atoms with Gasteiger partial charge in [0.25, 0.3) is 10.0 Å². The molecule has 0 amide bonds. The van der Waals surface area contributed by atoms with Crippen LogP contribution < -0.4 is 9.47 Å². The zero-order valence-electron chi connectivity index (χ0n) is 15.2. The monoisotopic (exact) mass is 375 g/mol. The maximum absolute atomic E-state index is 12.2. The Morgan fingerprint density at radius 1 is 0.962 bits per heavy atom. The lowest BCUT2D eigenvalue weighted by atomic mass is 10.2. The molecule has 0 aliphatic carbocycles. The summed E-state index contributed by atoms with van der Waals surface area (Å²) in [7, 11) is -3.72. The van der Waals surface area contributed by atoms with Crippen LogP contribution in [0.1, 0.15) is 38.7 Å². The molecule has 0 heterocycles. The second kappa shape index (κ2) is 9.97. The minimum atomic E-state index is -3.72. The number of unbranched alkanes of at least 4 members (excludes halogenated alkanes) is 2. The molecule has 0 atom stereocenters. The van der Waals surface area contributed by atoms with Crippen LogP contribution in [-0.2, 0) is 10.0 Å². The fourth-order valence-corrected chi connectivity index (χ4v) is 3.19. The van der Waals surface area contributed by atoms with Crippen LogP contribution in [0.25, 0.3) is 0 Å². The zero-order chi connectivity index (χ0) is 18.8. The zero-order valence-corrected chi connectivity index (χ0v) is 16.0. The highest BCUT2D eigenvalue weighted by Gasteiger charge is 2.11. The van der Waals surface area contributed by atoms with Crippen molar-refractivity contribution in [2.45, 2.75) is 38.0 Å². The van der Waals surface area contributed by atoms with E-state index in [0.29, 0.717) is 30.3 Å². The molecule has 0 radical (unpaired) electrons. The molecule has 0 fully saturated rings. The first-order valence-electron chi connectivity index (χ1n) is 8.82. The van der Waals surface area contributed by atoms with Crippen molar-refractivity contribution >= 4 is 16.2 Å². The Bertz CT molecular complexity index is 817. The second-order valence-corrected chi connectivity index (χ2v) is 7.35. The van der Waals surface area contributed by atoms with Gasteiger partial charge in [-0.2, -0.15) is 12.8 Å². The third-order valence-electron chi connectivity index (χ3n) is 3.65. The van der Waals surface area contributed by atoms with Crippen molar-refractivity contribution in [3.63, 3.8) is 0 Å². The van der Waals surface area contributed by atoms with E-state index in [1.165, 1.54) is 18.3 Å². The molecule has 0 saturated heterocycles. The Labute approximate surface area is 155 Å². The predicted octanol–water partition coefficient (Wildman–Crippen LogP) is 4.46. The Kier molecular flexibility index (Phi) is 7.66. The lowest BCUT2D eigenvalue weighted by Crippen LogP contribution is -2.02. The van der Waals surface area contributed by atoms with Crippen LogP contribution in [0.5, 0.6) is 11.5 Å². The Balaban J connectivity index is 2.15. The molecular formula is C20H25NO4S. The molecule has 0 unspecified atom stereocenters. The summed E-state index contributed by atoms with van der Waals surface area (Å²) in [6.07, 6.45) is 4.56. The lowest BCUT2D eigenvalue weighted by molar-refractivity contribution is 0.271. The molecule has 6 heteroatoms. The Morgan fingerprint density at radius 2 is 1.73 bits per heavy atom. The summed E-state index contributed by atoms with van der Waals surface area (Å²) >= 11 is 0. The quantitative estimate of drug-likeness (QED) is 0.454. The van der Waals surface area contributed by atoms with E-state index in [1.807, 2.05) is 6.92 Å². The number of ether oxygens (including phenoxy) is 2. The van der Waals surface area contributed by atoms with Gasteiger partial charge in [0.2, 0.25) is 0 Å². The highest BCUT2D eigenvalue weighted by molar-refractivity contribution is 7.90. The lowest BCUT2D eigenvalue weighted by Gasteiger charge is -2.12. The highest BCUT2D eigenvalue weighted by Crippen LogP contribution is 2.28. The summed E-state index contributed by atoms with van der Waals surface area (Å²) in [5.74, 6) is 1.25. The molecule has 0 aromatic heterocycles. The van der Waals surface area contributed by atoms with Gasteiger partial charge in [-0.15, -0.1) is 0 Å². The van der Waals surface area contributed by atoms with Gasteiger partial charge in [0.1, 0.15) is 0 Å². The van der Waals surface area contributed by atoms with Crippen LogP contribution in [0.2, 0.25) is 0 Å². The number of rotatable bonds is 10. The standard InChI is InChI=1S/C20H25NO4S/c1-3-5-9-14-25-19-13-12-17(15-20(19)24-4-2)16-21-26(22,23)18-10-7-6-8-11-18/h6-8,10-13,15-16H,3-5,9,14H2,1-2H3/b21-16-. The third kappa shape index (κ3) is 5.88. The fourth-order valence-electron chi connectivity index (χ4n) is 2.31. The minimum Gasteiger partial charge on any atom is -0.490 e. The van der Waals surface area contributed by atoms with E-state index in [2.05, 4.69) is 11.3 Å². The van der Waals surface area contributed by atoms with Gasteiger partial charge in [-0.1, -0.05) is 38.0 Å². The van der Waals surface area contributed by atoms with Gasteiger partial charge in [0.15, 0.2) is 11.5 Å². The number of benzene rings is 2. The van der Waals surface area contributed by atoms with Crippen molar-refractivity contribution in [1.29, 1.82) is 0 Å². The molecule has 2 aromatic rings. The number of hydrogen-bond donors (Lipinski definition) is 0. The Hall–Kier alpha value is -2.34. The number of hydrogen-bond acceptors (Lipinski definition) is 4. The van der Waals surface area contributed by atoms with Crippen LogP contribution in [0.4, 0.5) is 0 Å². The first-order chi connectivity index (χ1) is 12.6. The molecule has 5 nitrogen and oxygen atoms in total. The minimum absolute atomic E-state index is 0.164. The maximum atomic E-state index is 12.2. The molecule has 2 rings (SSSR count). The van der Waals surface area contributed by atoms with E-state index in [1.54, 1.807) is 36.4 Å². The smallest absolute Gasteiger partial charge is 0.282 e. The molecular weight excluding hydrogens is 350 g/mol. The van der Waals surface area contributed by atoms with Gasteiger partial charge < -0.3 is 9.47 Å². The summed E-state index contributed by atoms with van der Waals surface area (Å²) in [5, 5.41) is 0. The molecule has 0 bridgehead atoms. The summed E-state index contributed by atoms with van der Waals surface area (Å²) < 4.78 is 39.6. The van der Waals surface area contributed by atoms with Gasteiger partial charge in [-0.25, -0.2) is 0 Å². The Morgan fingerprint density at radius 3 is 2.42 bits per heavy atom.